The Labute approximate surface area is 56.5 Å². The molecular weight excluding hydrogens is 120 g/mol. The predicted molar refractivity (Wildman–Crippen MR) is 39.1 cm³/mol. The molecule has 0 aliphatic carbocycles. The quantitative estimate of drug-likeness (QED) is 0.517. The molecule has 0 amide bonds. The van der Waals surface area contributed by atoms with Crippen LogP contribution in [0.4, 0.5) is 0 Å². The van der Waals surface area contributed by atoms with Crippen LogP contribution >= 0.6 is 11.6 Å². The molecule has 0 aromatic heterocycles. The molecule has 0 aromatic carbocycles. The van der Waals surface area contributed by atoms with Crippen molar-refractivity contribution in [1.82, 2.24) is 0 Å². The van der Waals surface area contributed by atoms with Crippen molar-refractivity contribution in [3.05, 3.63) is 11.1 Å². The van der Waals surface area contributed by atoms with Crippen molar-refractivity contribution >= 4 is 11.6 Å². The topological polar surface area (TPSA) is 0 Å². The van der Waals surface area contributed by atoms with Crippen LogP contribution in [0.1, 0.15) is 33.1 Å². The SMILES string of the molecule is CCCC/C=C(/C)Cl. The highest BCUT2D eigenvalue weighted by molar-refractivity contribution is 6.29. The lowest BCUT2D eigenvalue weighted by molar-refractivity contribution is 0.813. The Kier molecular flexibility index (Phi) is 5.19. The van der Waals surface area contributed by atoms with Crippen LogP contribution < -0.4 is 0 Å². The van der Waals surface area contributed by atoms with Gasteiger partial charge in [0.15, 0.2) is 0 Å². The highest BCUT2D eigenvalue weighted by atomic mass is 35.5. The summed E-state index contributed by atoms with van der Waals surface area (Å²) in [4.78, 5) is 0. The molecule has 0 unspecified atom stereocenters. The number of hydrogen-bond acceptors (Lipinski definition) is 0. The molecule has 48 valence electrons. The molecule has 0 N–H and O–H groups in total. The van der Waals surface area contributed by atoms with E-state index >= 15 is 0 Å². The largest absolute Gasteiger partial charge is 0.0898 e. The minimum atomic E-state index is 0.915. The maximum atomic E-state index is 5.57. The van der Waals surface area contributed by atoms with E-state index in [1.54, 1.807) is 0 Å². The number of rotatable bonds is 3. The minimum absolute atomic E-state index is 0.915. The van der Waals surface area contributed by atoms with Crippen molar-refractivity contribution in [2.45, 2.75) is 33.1 Å². The molecule has 0 nitrogen and oxygen atoms in total. The van der Waals surface area contributed by atoms with Crippen molar-refractivity contribution in [3.63, 3.8) is 0 Å². The highest BCUT2D eigenvalue weighted by Crippen LogP contribution is 2.03. The van der Waals surface area contributed by atoms with E-state index in [2.05, 4.69) is 13.0 Å². The predicted octanol–water partition coefficient (Wildman–Crippen LogP) is 3.32. The van der Waals surface area contributed by atoms with Crippen LogP contribution in [0, 0.1) is 0 Å². The maximum absolute atomic E-state index is 5.57. The Bertz CT molecular complexity index is 70.5. The monoisotopic (exact) mass is 132 g/mol. The Hall–Kier alpha value is 0.0300. The Morgan fingerprint density at radius 3 is 2.62 bits per heavy atom. The molecule has 0 radical (unpaired) electrons. The second kappa shape index (κ2) is 5.17. The standard InChI is InChI=1S/C7H13Cl/c1-3-4-5-6-7(2)8/h6H,3-5H2,1-2H3/b7-6-. The van der Waals surface area contributed by atoms with Crippen LogP contribution in [0.25, 0.3) is 0 Å². The van der Waals surface area contributed by atoms with E-state index in [1.807, 2.05) is 6.92 Å². The van der Waals surface area contributed by atoms with Gasteiger partial charge in [0.25, 0.3) is 0 Å². The van der Waals surface area contributed by atoms with Gasteiger partial charge in [-0.05, 0) is 13.3 Å². The Balaban J connectivity index is 3.03. The van der Waals surface area contributed by atoms with Crippen LogP contribution in [0.15, 0.2) is 11.1 Å². The summed E-state index contributed by atoms with van der Waals surface area (Å²) in [5, 5.41) is 0.915. The Morgan fingerprint density at radius 1 is 1.62 bits per heavy atom. The zero-order valence-corrected chi connectivity index (χ0v) is 6.33. The third-order valence-corrected chi connectivity index (χ3v) is 1.14. The first-order valence-electron chi connectivity index (χ1n) is 3.09. The van der Waals surface area contributed by atoms with E-state index in [0.29, 0.717) is 0 Å². The molecule has 0 aliphatic heterocycles. The molecule has 0 saturated heterocycles. The number of unbranched alkanes of at least 4 members (excludes halogenated alkanes) is 2. The average molecular weight is 133 g/mol. The van der Waals surface area contributed by atoms with Gasteiger partial charge in [-0.25, -0.2) is 0 Å². The molecule has 0 fully saturated rings. The van der Waals surface area contributed by atoms with Crippen LogP contribution in [0.3, 0.4) is 0 Å². The summed E-state index contributed by atoms with van der Waals surface area (Å²) < 4.78 is 0. The van der Waals surface area contributed by atoms with E-state index in [-0.39, 0.29) is 0 Å². The number of allylic oxidation sites excluding steroid dienone is 2. The molecule has 0 saturated carbocycles. The van der Waals surface area contributed by atoms with Gasteiger partial charge >= 0.3 is 0 Å². The normalized spacial score (nSPS) is 12.1. The van der Waals surface area contributed by atoms with Crippen LogP contribution in [0.5, 0.6) is 0 Å². The van der Waals surface area contributed by atoms with E-state index in [9.17, 15) is 0 Å². The van der Waals surface area contributed by atoms with Crippen molar-refractivity contribution in [3.8, 4) is 0 Å². The van der Waals surface area contributed by atoms with E-state index in [4.69, 9.17) is 11.6 Å². The molecule has 0 aliphatic rings. The molecule has 0 spiro atoms. The van der Waals surface area contributed by atoms with Crippen molar-refractivity contribution in [2.24, 2.45) is 0 Å². The smallest absolute Gasteiger partial charge is 0.0110 e. The highest BCUT2D eigenvalue weighted by Gasteiger charge is 1.79. The fourth-order valence-electron chi connectivity index (χ4n) is 0.505. The van der Waals surface area contributed by atoms with Gasteiger partial charge in [0.1, 0.15) is 0 Å². The molecule has 1 heteroatoms. The van der Waals surface area contributed by atoms with Crippen LogP contribution in [0.2, 0.25) is 0 Å². The molecule has 0 atom stereocenters. The van der Waals surface area contributed by atoms with Gasteiger partial charge in [-0.15, -0.1) is 0 Å². The molecule has 0 rings (SSSR count). The fraction of sp³-hybridized carbons (Fsp3) is 0.714. The second-order valence-electron chi connectivity index (χ2n) is 1.93. The summed E-state index contributed by atoms with van der Waals surface area (Å²) in [7, 11) is 0. The number of halogens is 1. The summed E-state index contributed by atoms with van der Waals surface area (Å²) in [6.07, 6.45) is 5.70. The molecular formula is C7H13Cl. The third kappa shape index (κ3) is 6.03. The van der Waals surface area contributed by atoms with Gasteiger partial charge in [-0.2, -0.15) is 0 Å². The molecule has 0 heterocycles. The summed E-state index contributed by atoms with van der Waals surface area (Å²) in [5.41, 5.74) is 0. The van der Waals surface area contributed by atoms with E-state index < -0.39 is 0 Å². The first kappa shape index (κ1) is 8.03. The zero-order valence-electron chi connectivity index (χ0n) is 5.58. The summed E-state index contributed by atoms with van der Waals surface area (Å²) in [5.74, 6) is 0. The van der Waals surface area contributed by atoms with Crippen molar-refractivity contribution in [1.29, 1.82) is 0 Å². The summed E-state index contributed by atoms with van der Waals surface area (Å²) in [6, 6.07) is 0. The van der Waals surface area contributed by atoms with Crippen LogP contribution in [-0.2, 0) is 0 Å². The van der Waals surface area contributed by atoms with E-state index in [1.165, 1.54) is 12.8 Å². The van der Waals surface area contributed by atoms with E-state index in [0.717, 1.165) is 11.5 Å². The van der Waals surface area contributed by atoms with Gasteiger partial charge in [0.2, 0.25) is 0 Å². The maximum Gasteiger partial charge on any atom is 0.0110 e. The lowest BCUT2D eigenvalue weighted by Crippen LogP contribution is -1.66. The summed E-state index contributed by atoms with van der Waals surface area (Å²) in [6.45, 7) is 4.09. The summed E-state index contributed by atoms with van der Waals surface area (Å²) >= 11 is 5.57. The fourth-order valence-corrected chi connectivity index (χ4v) is 0.614. The average Bonchev–Trinajstić information content (AvgIpc) is 1.66. The molecule has 0 bridgehead atoms. The molecule has 8 heavy (non-hydrogen) atoms. The van der Waals surface area contributed by atoms with Gasteiger partial charge in [-0.1, -0.05) is 37.4 Å². The van der Waals surface area contributed by atoms with Crippen molar-refractivity contribution < 1.29 is 0 Å². The number of hydrogen-bond donors (Lipinski definition) is 0. The lowest BCUT2D eigenvalue weighted by atomic mass is 10.2. The zero-order chi connectivity index (χ0) is 6.41. The van der Waals surface area contributed by atoms with Gasteiger partial charge in [0.05, 0.1) is 0 Å². The Morgan fingerprint density at radius 2 is 2.25 bits per heavy atom. The molecule has 0 aromatic rings. The van der Waals surface area contributed by atoms with Gasteiger partial charge in [-0.3, -0.25) is 0 Å². The first-order valence-corrected chi connectivity index (χ1v) is 3.47. The first-order chi connectivity index (χ1) is 3.77. The lowest BCUT2D eigenvalue weighted by Gasteiger charge is -1.87. The van der Waals surface area contributed by atoms with Gasteiger partial charge < -0.3 is 0 Å². The second-order valence-corrected chi connectivity index (χ2v) is 2.53. The van der Waals surface area contributed by atoms with Crippen LogP contribution in [-0.4, -0.2) is 0 Å². The van der Waals surface area contributed by atoms with Crippen molar-refractivity contribution in [2.75, 3.05) is 0 Å². The minimum Gasteiger partial charge on any atom is -0.0898 e. The third-order valence-electron chi connectivity index (χ3n) is 0.983. The van der Waals surface area contributed by atoms with Gasteiger partial charge in [0, 0.05) is 5.03 Å².